The molecule has 0 aromatic rings. The van der Waals surface area contributed by atoms with Gasteiger partial charge in [-0.15, -0.1) is 0 Å². The van der Waals surface area contributed by atoms with Gasteiger partial charge in [0.05, 0.1) is 22.6 Å². The molecular formula is C10H22O5Si. The van der Waals surface area contributed by atoms with E-state index in [-0.39, 0.29) is 11.9 Å². The van der Waals surface area contributed by atoms with Gasteiger partial charge in [-0.05, 0) is 0 Å². The van der Waals surface area contributed by atoms with Crippen molar-refractivity contribution in [3.8, 4) is 0 Å². The summed E-state index contributed by atoms with van der Waals surface area (Å²) in [7, 11) is 5.27. The Balaban J connectivity index is 4.35. The number of esters is 1. The Kier molecular flexibility index (Phi) is 6.81. The first-order valence-corrected chi connectivity index (χ1v) is 6.22. The molecule has 6 heteroatoms. The molecule has 16 heavy (non-hydrogen) atoms. The van der Waals surface area contributed by atoms with Crippen molar-refractivity contribution in [3.63, 3.8) is 0 Å². The zero-order chi connectivity index (χ0) is 12.8. The van der Waals surface area contributed by atoms with Crippen molar-refractivity contribution in [3.05, 3.63) is 0 Å². The first-order valence-electron chi connectivity index (χ1n) is 5.22. The normalized spacial score (nSPS) is 14.1. The number of hydrogen-bond acceptors (Lipinski definition) is 5. The van der Waals surface area contributed by atoms with Crippen LogP contribution < -0.4 is 0 Å². The lowest BCUT2D eigenvalue weighted by Gasteiger charge is -2.30. The molecule has 0 aliphatic carbocycles. The molecule has 0 aliphatic heterocycles. The van der Waals surface area contributed by atoms with Crippen LogP contribution in [0.15, 0.2) is 0 Å². The van der Waals surface area contributed by atoms with E-state index in [9.17, 15) is 4.79 Å². The van der Waals surface area contributed by atoms with E-state index in [1.807, 2.05) is 0 Å². The molecule has 0 aliphatic rings. The second-order valence-corrected chi connectivity index (χ2v) is 5.53. The quantitative estimate of drug-likeness (QED) is 0.358. The van der Waals surface area contributed by atoms with E-state index in [2.05, 4.69) is 0 Å². The zero-order valence-electron chi connectivity index (χ0n) is 10.9. The molecule has 0 fully saturated rings. The van der Waals surface area contributed by atoms with Crippen LogP contribution in [0, 0.1) is 5.92 Å². The predicted octanol–water partition coefficient (Wildman–Crippen LogP) is -0.140. The summed E-state index contributed by atoms with van der Waals surface area (Å²) in [5, 5.41) is 0. The second kappa shape index (κ2) is 7.00. The molecule has 1 unspecified atom stereocenters. The van der Waals surface area contributed by atoms with Gasteiger partial charge in [-0.3, -0.25) is 4.79 Å². The smallest absolute Gasteiger partial charge is 0.310 e. The average molecular weight is 250 g/mol. The van der Waals surface area contributed by atoms with Crippen LogP contribution in [0.5, 0.6) is 0 Å². The van der Waals surface area contributed by atoms with E-state index in [0.717, 1.165) is 0 Å². The summed E-state index contributed by atoms with van der Waals surface area (Å²) in [5.74, 6) is -0.464. The van der Waals surface area contributed by atoms with Crippen LogP contribution >= 0.6 is 0 Å². The summed E-state index contributed by atoms with van der Waals surface area (Å²) in [6, 6.07) is 0. The monoisotopic (exact) mass is 250 g/mol. The lowest BCUT2D eigenvalue weighted by molar-refractivity contribution is -0.214. The van der Waals surface area contributed by atoms with Crippen molar-refractivity contribution in [2.75, 3.05) is 21.3 Å². The standard InChI is InChI=1S/C10H22O5Si/c1-7(2)9(11)15-8(12-3)6-10(16,13-4)14-5/h7-8H,6H2,1-5,16H3. The van der Waals surface area contributed by atoms with Gasteiger partial charge < -0.3 is 18.9 Å². The molecule has 1 atom stereocenters. The first kappa shape index (κ1) is 15.6. The number of carbonyl (C=O) groups is 1. The highest BCUT2D eigenvalue weighted by molar-refractivity contribution is 6.13. The fraction of sp³-hybridized carbons (Fsp3) is 0.900. The maximum absolute atomic E-state index is 11.4. The fourth-order valence-electron chi connectivity index (χ4n) is 0.991. The van der Waals surface area contributed by atoms with Crippen molar-refractivity contribution in [2.45, 2.75) is 32.0 Å². The molecular weight excluding hydrogens is 228 g/mol. The number of methoxy groups -OCH3 is 3. The summed E-state index contributed by atoms with van der Waals surface area (Å²) in [4.78, 5) is 11.4. The third-order valence-electron chi connectivity index (χ3n) is 2.38. The van der Waals surface area contributed by atoms with Crippen molar-refractivity contribution in [2.24, 2.45) is 5.92 Å². The molecule has 5 nitrogen and oxygen atoms in total. The molecule has 96 valence electrons. The van der Waals surface area contributed by atoms with Crippen LogP contribution in [0.1, 0.15) is 20.3 Å². The summed E-state index contributed by atoms with van der Waals surface area (Å²) in [5.41, 5.74) is -0.683. The Morgan fingerprint density at radius 2 is 1.75 bits per heavy atom. The third-order valence-corrected chi connectivity index (χ3v) is 3.61. The molecule has 0 bridgehead atoms. The molecule has 0 saturated carbocycles. The van der Waals surface area contributed by atoms with E-state index >= 15 is 0 Å². The highest BCUT2D eigenvalue weighted by Crippen LogP contribution is 2.17. The van der Waals surface area contributed by atoms with Gasteiger partial charge in [0.1, 0.15) is 5.41 Å². The lowest BCUT2D eigenvalue weighted by atomic mass is 10.2. The van der Waals surface area contributed by atoms with Crippen LogP contribution in [0.2, 0.25) is 0 Å². The topological polar surface area (TPSA) is 54.0 Å². The van der Waals surface area contributed by atoms with Crippen LogP contribution in [-0.2, 0) is 23.7 Å². The van der Waals surface area contributed by atoms with Gasteiger partial charge in [-0.25, -0.2) is 0 Å². The Morgan fingerprint density at radius 3 is 2.06 bits per heavy atom. The van der Waals surface area contributed by atoms with Crippen molar-refractivity contribution in [1.82, 2.24) is 0 Å². The Morgan fingerprint density at radius 1 is 1.25 bits per heavy atom. The van der Waals surface area contributed by atoms with Crippen molar-refractivity contribution >= 4 is 16.2 Å². The maximum atomic E-state index is 11.4. The largest absolute Gasteiger partial charge is 0.435 e. The molecule has 0 radical (unpaired) electrons. The predicted molar refractivity (Wildman–Crippen MR) is 63.0 cm³/mol. The number of ether oxygens (including phenoxy) is 4. The van der Waals surface area contributed by atoms with E-state index in [4.69, 9.17) is 18.9 Å². The molecule has 0 aromatic heterocycles. The molecule has 0 aromatic carbocycles. The van der Waals surface area contributed by atoms with Crippen molar-refractivity contribution in [1.29, 1.82) is 0 Å². The van der Waals surface area contributed by atoms with E-state index < -0.39 is 11.7 Å². The minimum atomic E-state index is -0.683. The van der Waals surface area contributed by atoms with Gasteiger partial charge >= 0.3 is 5.97 Å². The van der Waals surface area contributed by atoms with E-state index in [0.29, 0.717) is 16.7 Å². The van der Waals surface area contributed by atoms with Gasteiger partial charge in [-0.2, -0.15) is 0 Å². The van der Waals surface area contributed by atoms with Gasteiger partial charge in [0.25, 0.3) is 0 Å². The number of hydrogen-bond donors (Lipinski definition) is 0. The third kappa shape index (κ3) is 5.07. The molecule has 0 N–H and O–H groups in total. The average Bonchev–Trinajstić information content (AvgIpc) is 2.27. The van der Waals surface area contributed by atoms with Crippen LogP contribution in [0.3, 0.4) is 0 Å². The van der Waals surface area contributed by atoms with Crippen molar-refractivity contribution < 1.29 is 23.7 Å². The molecule has 0 amide bonds. The molecule has 0 rings (SSSR count). The van der Waals surface area contributed by atoms with Crippen LogP contribution in [0.25, 0.3) is 0 Å². The zero-order valence-corrected chi connectivity index (χ0v) is 12.9. The van der Waals surface area contributed by atoms with Crippen LogP contribution in [0.4, 0.5) is 0 Å². The van der Waals surface area contributed by atoms with Crippen LogP contribution in [-0.4, -0.2) is 49.2 Å². The Labute approximate surface area is 99.8 Å². The van der Waals surface area contributed by atoms with Gasteiger partial charge in [-0.1, -0.05) is 13.8 Å². The molecule has 0 heterocycles. The Hall–Kier alpha value is -0.433. The van der Waals surface area contributed by atoms with E-state index in [1.165, 1.54) is 7.11 Å². The minimum Gasteiger partial charge on any atom is -0.435 e. The van der Waals surface area contributed by atoms with Gasteiger partial charge in [0.15, 0.2) is 0 Å². The summed E-state index contributed by atoms with van der Waals surface area (Å²) in [6.07, 6.45) is -0.256. The van der Waals surface area contributed by atoms with Gasteiger partial charge in [0.2, 0.25) is 6.29 Å². The number of carbonyl (C=O) groups excluding carboxylic acids is 1. The molecule has 0 spiro atoms. The minimum absolute atomic E-state index is 0.175. The highest BCUT2D eigenvalue weighted by atomic mass is 28.1. The Bertz CT molecular complexity index is 215. The summed E-state index contributed by atoms with van der Waals surface area (Å²) < 4.78 is 20.7. The highest BCUT2D eigenvalue weighted by Gasteiger charge is 2.29. The van der Waals surface area contributed by atoms with Gasteiger partial charge in [0, 0.05) is 21.3 Å². The summed E-state index contributed by atoms with van der Waals surface area (Å²) in [6.45, 7) is 3.55. The maximum Gasteiger partial charge on any atom is 0.310 e. The number of rotatable bonds is 7. The van der Waals surface area contributed by atoms with E-state index in [1.54, 1.807) is 28.1 Å². The SMILES string of the molecule is COC(CC([SiH3])(OC)OC)OC(=O)C(C)C. The fourth-order valence-corrected chi connectivity index (χ4v) is 1.32. The first-order chi connectivity index (χ1) is 7.38. The lowest BCUT2D eigenvalue weighted by Crippen LogP contribution is -2.40. The summed E-state index contributed by atoms with van der Waals surface area (Å²) >= 11 is 0. The second-order valence-electron chi connectivity index (χ2n) is 4.00. The molecule has 0 saturated heterocycles.